The van der Waals surface area contributed by atoms with E-state index in [2.05, 4.69) is 16.0 Å². The molecular weight excluding hydrogens is 482 g/mol. The summed E-state index contributed by atoms with van der Waals surface area (Å²) in [4.78, 5) is 61.4. The summed E-state index contributed by atoms with van der Waals surface area (Å²) in [6, 6.07) is 9.79. The van der Waals surface area contributed by atoms with E-state index < -0.39 is 60.2 Å². The van der Waals surface area contributed by atoms with Gasteiger partial charge in [0.2, 0.25) is 23.6 Å². The molecule has 0 aliphatic heterocycles. The third kappa shape index (κ3) is 9.61. The highest BCUT2D eigenvalue weighted by Gasteiger charge is 2.31. The first-order chi connectivity index (χ1) is 17.5. The van der Waals surface area contributed by atoms with Crippen LogP contribution in [-0.4, -0.2) is 64.0 Å². The molecular formula is C25H31N5O7. The Balaban J connectivity index is 2.31. The van der Waals surface area contributed by atoms with Gasteiger partial charge in [0.1, 0.15) is 23.9 Å². The minimum absolute atomic E-state index is 0.0114. The van der Waals surface area contributed by atoms with Gasteiger partial charge in [-0.3, -0.25) is 19.2 Å². The van der Waals surface area contributed by atoms with Gasteiger partial charge in [-0.05, 0) is 30.2 Å². The van der Waals surface area contributed by atoms with E-state index in [9.17, 15) is 34.2 Å². The van der Waals surface area contributed by atoms with Gasteiger partial charge in [-0.1, -0.05) is 42.5 Å². The average molecular weight is 514 g/mol. The van der Waals surface area contributed by atoms with E-state index in [4.69, 9.17) is 11.5 Å². The molecule has 37 heavy (non-hydrogen) atoms. The van der Waals surface area contributed by atoms with Crippen molar-refractivity contribution in [3.8, 4) is 5.75 Å². The number of nitrogens with one attached hydrogen (secondary N) is 3. The lowest BCUT2D eigenvalue weighted by molar-refractivity contribution is -0.143. The molecule has 0 bridgehead atoms. The molecule has 0 radical (unpaired) electrons. The maximum atomic E-state index is 13.3. The highest BCUT2D eigenvalue weighted by atomic mass is 16.4. The van der Waals surface area contributed by atoms with Crippen LogP contribution in [0.4, 0.5) is 0 Å². The number of carboxylic acids is 1. The number of phenolic OH excluding ortho intramolecular Hbond substituents is 1. The molecule has 0 unspecified atom stereocenters. The third-order valence-corrected chi connectivity index (χ3v) is 5.36. The maximum Gasteiger partial charge on any atom is 0.326 e. The van der Waals surface area contributed by atoms with Crippen LogP contribution in [0, 0.1) is 0 Å². The zero-order chi connectivity index (χ0) is 27.5. The number of nitrogens with two attached hydrogens (primary N) is 2. The Morgan fingerprint density at radius 1 is 0.757 bits per heavy atom. The SMILES string of the molecule is C[C@H](N)C(=O)N[C@@H](Cc1ccccc1)C(=O)N[C@@H](Cc1ccc(O)cc1)C(=O)N[C@@H](CC(N)=O)C(=O)O. The molecule has 2 aromatic rings. The minimum atomic E-state index is -1.61. The van der Waals surface area contributed by atoms with Crippen molar-refractivity contribution in [3.05, 3.63) is 65.7 Å². The summed E-state index contributed by atoms with van der Waals surface area (Å²) in [7, 11) is 0. The van der Waals surface area contributed by atoms with E-state index in [0.717, 1.165) is 5.56 Å². The van der Waals surface area contributed by atoms with Crippen molar-refractivity contribution in [2.45, 2.75) is 50.4 Å². The summed E-state index contributed by atoms with van der Waals surface area (Å²) < 4.78 is 0. The molecule has 12 nitrogen and oxygen atoms in total. The second-order valence-corrected chi connectivity index (χ2v) is 8.54. The number of aromatic hydroxyl groups is 1. The van der Waals surface area contributed by atoms with Crippen molar-refractivity contribution in [3.63, 3.8) is 0 Å². The molecule has 0 saturated heterocycles. The number of phenols is 1. The number of carbonyl (C=O) groups excluding carboxylic acids is 4. The van der Waals surface area contributed by atoms with E-state index in [1.54, 1.807) is 30.3 Å². The first kappa shape index (κ1) is 28.8. The summed E-state index contributed by atoms with van der Waals surface area (Å²) in [6.45, 7) is 1.46. The van der Waals surface area contributed by atoms with Crippen LogP contribution in [-0.2, 0) is 36.8 Å². The summed E-state index contributed by atoms with van der Waals surface area (Å²) in [6.07, 6.45) is -0.639. The minimum Gasteiger partial charge on any atom is -0.508 e. The summed E-state index contributed by atoms with van der Waals surface area (Å²) in [5.41, 5.74) is 12.0. The number of amides is 4. The molecule has 12 heteroatoms. The fourth-order valence-corrected chi connectivity index (χ4v) is 3.39. The van der Waals surface area contributed by atoms with Crippen LogP contribution < -0.4 is 27.4 Å². The molecule has 2 aromatic carbocycles. The lowest BCUT2D eigenvalue weighted by Gasteiger charge is -2.25. The second-order valence-electron chi connectivity index (χ2n) is 8.54. The molecule has 0 saturated carbocycles. The fraction of sp³-hybridized carbons (Fsp3) is 0.320. The third-order valence-electron chi connectivity index (χ3n) is 5.36. The summed E-state index contributed by atoms with van der Waals surface area (Å²) >= 11 is 0. The molecule has 0 aliphatic carbocycles. The molecule has 4 atom stereocenters. The van der Waals surface area contributed by atoms with Crippen LogP contribution in [0.1, 0.15) is 24.5 Å². The molecule has 4 amide bonds. The smallest absolute Gasteiger partial charge is 0.326 e. The first-order valence-corrected chi connectivity index (χ1v) is 11.5. The number of carboxylic acid groups (broad SMARTS) is 1. The van der Waals surface area contributed by atoms with Crippen LogP contribution in [0.3, 0.4) is 0 Å². The topological polar surface area (TPSA) is 214 Å². The Bertz CT molecular complexity index is 1110. The molecule has 0 fully saturated rings. The van der Waals surface area contributed by atoms with Gasteiger partial charge in [-0.25, -0.2) is 4.79 Å². The van der Waals surface area contributed by atoms with Crippen LogP contribution >= 0.6 is 0 Å². The van der Waals surface area contributed by atoms with Crippen molar-refractivity contribution < 1.29 is 34.2 Å². The van der Waals surface area contributed by atoms with Crippen molar-refractivity contribution in [1.82, 2.24) is 16.0 Å². The van der Waals surface area contributed by atoms with Gasteiger partial charge >= 0.3 is 5.97 Å². The van der Waals surface area contributed by atoms with Gasteiger partial charge in [0.25, 0.3) is 0 Å². The molecule has 0 aliphatic rings. The average Bonchev–Trinajstić information content (AvgIpc) is 2.84. The lowest BCUT2D eigenvalue weighted by atomic mass is 10.0. The van der Waals surface area contributed by atoms with E-state index >= 15 is 0 Å². The van der Waals surface area contributed by atoms with E-state index in [1.807, 2.05) is 0 Å². The largest absolute Gasteiger partial charge is 0.508 e. The number of hydrogen-bond acceptors (Lipinski definition) is 7. The Labute approximate surface area is 213 Å². The Morgan fingerprint density at radius 3 is 1.68 bits per heavy atom. The van der Waals surface area contributed by atoms with Gasteiger partial charge in [0.05, 0.1) is 12.5 Å². The van der Waals surface area contributed by atoms with Crippen molar-refractivity contribution in [1.29, 1.82) is 0 Å². The number of primary amides is 1. The number of rotatable bonds is 13. The number of hydrogen-bond donors (Lipinski definition) is 7. The highest BCUT2D eigenvalue weighted by molar-refractivity contribution is 5.95. The molecule has 2 rings (SSSR count). The molecule has 198 valence electrons. The van der Waals surface area contributed by atoms with Gasteiger partial charge in [-0.15, -0.1) is 0 Å². The highest BCUT2D eigenvalue weighted by Crippen LogP contribution is 2.12. The van der Waals surface area contributed by atoms with Crippen LogP contribution in [0.2, 0.25) is 0 Å². The van der Waals surface area contributed by atoms with Crippen LogP contribution in [0.5, 0.6) is 5.75 Å². The number of benzene rings is 2. The zero-order valence-corrected chi connectivity index (χ0v) is 20.2. The normalized spacial score (nSPS) is 13.9. The second kappa shape index (κ2) is 13.6. The number of aliphatic carboxylic acids is 1. The monoisotopic (exact) mass is 513 g/mol. The van der Waals surface area contributed by atoms with E-state index in [-0.39, 0.29) is 18.6 Å². The van der Waals surface area contributed by atoms with Gasteiger partial charge in [0, 0.05) is 12.8 Å². The molecule has 0 aromatic heterocycles. The summed E-state index contributed by atoms with van der Waals surface area (Å²) in [5, 5.41) is 26.3. The standard InChI is InChI=1S/C25H31N5O7/c1-14(26)22(33)28-18(11-15-5-3-2-4-6-15)23(34)29-19(12-16-7-9-17(31)10-8-16)24(35)30-20(25(36)37)13-21(27)32/h2-10,14,18-20,31H,11-13,26H2,1H3,(H2,27,32)(H,28,33)(H,29,34)(H,30,35)(H,36,37)/t14-,18-,19-,20-/m0/s1. The Kier molecular flexibility index (Phi) is 10.6. The van der Waals surface area contributed by atoms with Crippen molar-refractivity contribution in [2.24, 2.45) is 11.5 Å². The van der Waals surface area contributed by atoms with E-state index in [0.29, 0.717) is 5.56 Å². The van der Waals surface area contributed by atoms with Crippen molar-refractivity contribution >= 4 is 29.6 Å². The summed E-state index contributed by atoms with van der Waals surface area (Å²) in [5.74, 6) is -4.60. The predicted octanol–water partition coefficient (Wildman–Crippen LogP) is -1.06. The quantitative estimate of drug-likeness (QED) is 0.175. The molecule has 0 spiro atoms. The van der Waals surface area contributed by atoms with Gasteiger partial charge < -0.3 is 37.6 Å². The van der Waals surface area contributed by atoms with Crippen LogP contribution in [0.15, 0.2) is 54.6 Å². The van der Waals surface area contributed by atoms with Gasteiger partial charge in [0.15, 0.2) is 0 Å². The van der Waals surface area contributed by atoms with Crippen LogP contribution in [0.25, 0.3) is 0 Å². The van der Waals surface area contributed by atoms with Crippen molar-refractivity contribution in [2.75, 3.05) is 0 Å². The molecule has 9 N–H and O–H groups in total. The fourth-order valence-electron chi connectivity index (χ4n) is 3.39. The maximum absolute atomic E-state index is 13.3. The predicted molar refractivity (Wildman–Crippen MR) is 133 cm³/mol. The Morgan fingerprint density at radius 2 is 1.22 bits per heavy atom. The van der Waals surface area contributed by atoms with E-state index in [1.165, 1.54) is 31.2 Å². The molecule has 0 heterocycles. The Hall–Kier alpha value is -4.45. The van der Waals surface area contributed by atoms with Gasteiger partial charge in [-0.2, -0.15) is 0 Å². The number of carbonyl (C=O) groups is 5. The zero-order valence-electron chi connectivity index (χ0n) is 20.2. The lowest BCUT2D eigenvalue weighted by Crippen LogP contribution is -2.58. The first-order valence-electron chi connectivity index (χ1n) is 11.5.